The zero-order valence-corrected chi connectivity index (χ0v) is 8.38. The minimum atomic E-state index is 0.132. The molecule has 15 heavy (non-hydrogen) atoms. The van der Waals surface area contributed by atoms with Crippen molar-refractivity contribution in [2.75, 3.05) is 7.05 Å². The van der Waals surface area contributed by atoms with Crippen LogP contribution in [0, 0.1) is 0 Å². The van der Waals surface area contributed by atoms with Crippen molar-refractivity contribution in [1.29, 1.82) is 0 Å². The van der Waals surface area contributed by atoms with Crippen LogP contribution in [0.2, 0.25) is 0 Å². The zero-order chi connectivity index (χ0) is 10.3. The minimum absolute atomic E-state index is 0.132. The molecule has 1 unspecified atom stereocenters. The SMILES string of the molecule is CN1C=NC(c2cn[nH]c2)=C2CC=NC21. The fourth-order valence-electron chi connectivity index (χ4n) is 1.95. The van der Waals surface area contributed by atoms with Gasteiger partial charge in [0.25, 0.3) is 0 Å². The Balaban J connectivity index is 2.09. The Kier molecular flexibility index (Phi) is 1.71. The van der Waals surface area contributed by atoms with Gasteiger partial charge in [0.05, 0.1) is 18.2 Å². The molecule has 1 aromatic heterocycles. The van der Waals surface area contributed by atoms with Gasteiger partial charge in [0.2, 0.25) is 0 Å². The molecule has 0 spiro atoms. The van der Waals surface area contributed by atoms with Crippen LogP contribution in [0.4, 0.5) is 0 Å². The smallest absolute Gasteiger partial charge is 0.145 e. The number of rotatable bonds is 1. The second kappa shape index (κ2) is 3.05. The van der Waals surface area contributed by atoms with Crippen LogP contribution in [0.3, 0.4) is 0 Å². The normalized spacial score (nSPS) is 23.8. The Morgan fingerprint density at radius 2 is 2.47 bits per heavy atom. The molecule has 0 aromatic carbocycles. The van der Waals surface area contributed by atoms with E-state index in [0.29, 0.717) is 0 Å². The second-order valence-electron chi connectivity index (χ2n) is 3.68. The zero-order valence-electron chi connectivity index (χ0n) is 8.38. The lowest BCUT2D eigenvalue weighted by Crippen LogP contribution is -2.31. The largest absolute Gasteiger partial charge is 0.340 e. The van der Waals surface area contributed by atoms with Crippen LogP contribution in [-0.2, 0) is 0 Å². The Bertz CT molecular complexity index is 454. The first-order valence-electron chi connectivity index (χ1n) is 4.86. The van der Waals surface area contributed by atoms with Crippen LogP contribution in [0.25, 0.3) is 5.70 Å². The second-order valence-corrected chi connectivity index (χ2v) is 3.68. The van der Waals surface area contributed by atoms with Crippen molar-refractivity contribution >= 4 is 18.3 Å². The molecule has 0 amide bonds. The molecular formula is C10H11N5. The lowest BCUT2D eigenvalue weighted by Gasteiger charge is -2.26. The molecule has 0 aliphatic carbocycles. The van der Waals surface area contributed by atoms with Crippen LogP contribution in [0.1, 0.15) is 12.0 Å². The highest BCUT2D eigenvalue weighted by atomic mass is 15.3. The average molecular weight is 201 g/mol. The van der Waals surface area contributed by atoms with Crippen LogP contribution < -0.4 is 0 Å². The molecule has 5 heteroatoms. The highest BCUT2D eigenvalue weighted by Crippen LogP contribution is 2.31. The van der Waals surface area contributed by atoms with Gasteiger partial charge in [-0.3, -0.25) is 10.1 Å². The van der Waals surface area contributed by atoms with Gasteiger partial charge in [0.15, 0.2) is 0 Å². The monoisotopic (exact) mass is 201 g/mol. The summed E-state index contributed by atoms with van der Waals surface area (Å²) in [4.78, 5) is 10.9. The van der Waals surface area contributed by atoms with Crippen molar-refractivity contribution in [2.45, 2.75) is 12.6 Å². The number of aliphatic imine (C=N–C) groups is 2. The number of nitrogens with one attached hydrogen (secondary N) is 1. The van der Waals surface area contributed by atoms with Crippen molar-refractivity contribution in [2.24, 2.45) is 9.98 Å². The van der Waals surface area contributed by atoms with Crippen molar-refractivity contribution in [3.63, 3.8) is 0 Å². The van der Waals surface area contributed by atoms with Gasteiger partial charge in [-0.2, -0.15) is 5.10 Å². The molecule has 3 rings (SSSR count). The molecule has 0 saturated heterocycles. The maximum absolute atomic E-state index is 4.44. The van der Waals surface area contributed by atoms with Crippen LogP contribution in [-0.4, -0.2) is 40.9 Å². The lowest BCUT2D eigenvalue weighted by atomic mass is 10.1. The van der Waals surface area contributed by atoms with Gasteiger partial charge in [0, 0.05) is 37.0 Å². The van der Waals surface area contributed by atoms with E-state index in [2.05, 4.69) is 20.2 Å². The number of hydrogen-bond donors (Lipinski definition) is 1. The summed E-state index contributed by atoms with van der Waals surface area (Å²) in [5, 5.41) is 6.75. The molecule has 1 aromatic rings. The van der Waals surface area contributed by atoms with E-state index in [4.69, 9.17) is 0 Å². The van der Waals surface area contributed by atoms with Gasteiger partial charge >= 0.3 is 0 Å². The van der Waals surface area contributed by atoms with E-state index in [1.807, 2.05) is 30.7 Å². The molecule has 5 nitrogen and oxygen atoms in total. The summed E-state index contributed by atoms with van der Waals surface area (Å²) in [6.07, 6.45) is 8.44. The van der Waals surface area contributed by atoms with Gasteiger partial charge in [-0.1, -0.05) is 0 Å². The topological polar surface area (TPSA) is 56.6 Å². The molecule has 0 radical (unpaired) electrons. The van der Waals surface area contributed by atoms with Gasteiger partial charge in [-0.05, 0) is 0 Å². The Morgan fingerprint density at radius 1 is 1.53 bits per heavy atom. The molecule has 0 bridgehead atoms. The molecule has 2 aliphatic heterocycles. The molecule has 0 saturated carbocycles. The molecule has 3 heterocycles. The summed E-state index contributed by atoms with van der Waals surface area (Å²) < 4.78 is 0. The quantitative estimate of drug-likeness (QED) is 0.733. The van der Waals surface area contributed by atoms with Crippen LogP contribution in [0.5, 0.6) is 0 Å². The Hall–Kier alpha value is -1.91. The highest BCUT2D eigenvalue weighted by molar-refractivity contribution is 5.83. The third kappa shape index (κ3) is 1.20. The summed E-state index contributed by atoms with van der Waals surface area (Å²) in [5.74, 6) is 0. The first-order valence-corrected chi connectivity index (χ1v) is 4.86. The third-order valence-corrected chi connectivity index (χ3v) is 2.70. The van der Waals surface area contributed by atoms with E-state index in [1.54, 1.807) is 6.20 Å². The number of aromatic amines is 1. The van der Waals surface area contributed by atoms with E-state index < -0.39 is 0 Å². The lowest BCUT2D eigenvalue weighted by molar-refractivity contribution is 0.436. The number of H-pyrrole nitrogens is 1. The van der Waals surface area contributed by atoms with E-state index in [0.717, 1.165) is 17.7 Å². The number of fused-ring (bicyclic) bond motifs is 1. The first-order chi connectivity index (χ1) is 7.36. The van der Waals surface area contributed by atoms with E-state index in [9.17, 15) is 0 Å². The fourth-order valence-corrected chi connectivity index (χ4v) is 1.95. The van der Waals surface area contributed by atoms with E-state index >= 15 is 0 Å². The first kappa shape index (κ1) is 8.40. The van der Waals surface area contributed by atoms with Gasteiger partial charge in [0.1, 0.15) is 6.17 Å². The Labute approximate surface area is 87.2 Å². The molecule has 0 fully saturated rings. The van der Waals surface area contributed by atoms with Crippen LogP contribution >= 0.6 is 0 Å². The van der Waals surface area contributed by atoms with Crippen molar-refractivity contribution in [1.82, 2.24) is 15.1 Å². The van der Waals surface area contributed by atoms with E-state index in [1.165, 1.54) is 5.57 Å². The fraction of sp³-hybridized carbons (Fsp3) is 0.300. The minimum Gasteiger partial charge on any atom is -0.340 e. The van der Waals surface area contributed by atoms with Crippen molar-refractivity contribution in [3.8, 4) is 0 Å². The van der Waals surface area contributed by atoms with Crippen LogP contribution in [0.15, 0.2) is 28.0 Å². The van der Waals surface area contributed by atoms with Gasteiger partial charge in [-0.25, -0.2) is 4.99 Å². The maximum atomic E-state index is 4.44. The molecule has 2 aliphatic rings. The number of nitrogens with zero attached hydrogens (tertiary/aromatic N) is 4. The molecule has 1 atom stereocenters. The molecule has 1 N–H and O–H groups in total. The average Bonchev–Trinajstić information content (AvgIpc) is 2.88. The third-order valence-electron chi connectivity index (χ3n) is 2.70. The number of hydrogen-bond acceptors (Lipinski definition) is 4. The maximum Gasteiger partial charge on any atom is 0.145 e. The summed E-state index contributed by atoms with van der Waals surface area (Å²) in [6.45, 7) is 0. The van der Waals surface area contributed by atoms with Gasteiger partial charge in [-0.15, -0.1) is 0 Å². The summed E-state index contributed by atoms with van der Waals surface area (Å²) in [5.41, 5.74) is 3.29. The predicted octanol–water partition coefficient (Wildman–Crippen LogP) is 0.895. The van der Waals surface area contributed by atoms with Gasteiger partial charge < -0.3 is 4.90 Å². The summed E-state index contributed by atoms with van der Waals surface area (Å²) >= 11 is 0. The standard InChI is InChI=1S/C10H11N5/c1-15-6-12-9(7-4-13-14-5-7)8-2-3-11-10(8)15/h3-6,10H,2H2,1H3,(H,13,14). The summed E-state index contributed by atoms with van der Waals surface area (Å²) in [7, 11) is 1.99. The highest BCUT2D eigenvalue weighted by Gasteiger charge is 2.27. The predicted molar refractivity (Wildman–Crippen MR) is 58.7 cm³/mol. The molecule has 76 valence electrons. The van der Waals surface area contributed by atoms with Crippen molar-refractivity contribution in [3.05, 3.63) is 23.5 Å². The Morgan fingerprint density at radius 3 is 3.27 bits per heavy atom. The van der Waals surface area contributed by atoms with Crippen molar-refractivity contribution < 1.29 is 0 Å². The number of likely N-dealkylation sites (N-methyl/N-ethyl adjacent to an activating group) is 1. The summed E-state index contributed by atoms with van der Waals surface area (Å²) in [6, 6.07) is 0. The van der Waals surface area contributed by atoms with E-state index in [-0.39, 0.29) is 6.17 Å². The molecular weight excluding hydrogens is 190 g/mol. The number of aromatic nitrogens is 2.